The molecule has 3 atom stereocenters. The van der Waals surface area contributed by atoms with E-state index in [0.717, 1.165) is 55.3 Å². The summed E-state index contributed by atoms with van der Waals surface area (Å²) in [5.74, 6) is 1.51. The van der Waals surface area contributed by atoms with E-state index < -0.39 is 34.7 Å². The SMILES string of the molecule is Brc1ccsc1.CC.CC(=O)O.CC(=O)O.CNCC1Oc2ccccc2-c2ccsc21.CNCC1Oc2ccccc2-c2ccsc21.COC(CN)OC.NCC1Oc2ccccc2-c2ccsc21.O=S(=O)(O)C(F)(F)F.OB(O)c1ccccc1O.Oc1ccccc1-c1ccsc1.[Pd]. The number of hydrogen-bond acceptors (Lipinski definition) is 22. The summed E-state index contributed by atoms with van der Waals surface area (Å²) in [6, 6.07) is 48.6. The number of hydrogen-bond donors (Lipinski definition) is 11. The molecule has 0 saturated heterocycles. The number of fused-ring (bicyclic) bond motifs is 9. The zero-order valence-electron chi connectivity index (χ0n) is 55.9. The van der Waals surface area contributed by atoms with Crippen molar-refractivity contribution in [2.24, 2.45) is 11.5 Å². The van der Waals surface area contributed by atoms with Gasteiger partial charge in [0.1, 0.15) is 47.1 Å². The normalized spacial score (nSPS) is 13.2. The summed E-state index contributed by atoms with van der Waals surface area (Å²) < 4.78 is 86.0. The number of benzene rings is 5. The molecule has 101 heavy (non-hydrogen) atoms. The molecule has 20 nitrogen and oxygen atoms in total. The Hall–Kier alpha value is -6.87. The Labute approximate surface area is 628 Å². The second-order valence-electron chi connectivity index (χ2n) is 19.8. The molecule has 0 spiro atoms. The molecular formula is C69H81BBrF3N4O16PdS6. The molecule has 0 fully saturated rings. The Morgan fingerprint density at radius 2 is 0.921 bits per heavy atom. The number of phenolic OH excluding ortho intramolecular Hbond substituents is 2. The fourth-order valence-corrected chi connectivity index (χ4v) is 13.2. The number of alkyl halides is 3. The fourth-order valence-electron chi connectivity index (χ4n) is 8.55. The zero-order chi connectivity index (χ0) is 74.4. The molecule has 550 valence electrons. The average Bonchev–Trinajstić information content (AvgIpc) is 1.74. The number of para-hydroxylation sites is 5. The van der Waals surface area contributed by atoms with Crippen molar-refractivity contribution in [3.8, 4) is 73.3 Å². The number of thiophene rings is 5. The first-order chi connectivity index (χ1) is 47.7. The van der Waals surface area contributed by atoms with Gasteiger partial charge in [0.2, 0.25) is 0 Å². The van der Waals surface area contributed by atoms with E-state index in [-0.39, 0.29) is 56.2 Å². The number of carboxylic acid groups (broad SMARTS) is 2. The Bertz CT molecular complexity index is 3940. The fraction of sp³-hybridized carbons (Fsp3) is 0.246. The second-order valence-corrected chi connectivity index (χ2v) is 26.5. The molecule has 0 radical (unpaired) electrons. The van der Waals surface area contributed by atoms with E-state index in [1.165, 1.54) is 64.6 Å². The first-order valence-corrected chi connectivity index (χ1v) is 36.8. The summed E-state index contributed by atoms with van der Waals surface area (Å²) in [6.45, 7) is 8.80. The van der Waals surface area contributed by atoms with Crippen LogP contribution in [-0.2, 0) is 49.6 Å². The largest absolute Gasteiger partial charge is 0.522 e. The molecule has 0 bridgehead atoms. The smallest absolute Gasteiger partial charge is 0.508 e. The van der Waals surface area contributed by atoms with Crippen molar-refractivity contribution in [1.82, 2.24) is 10.6 Å². The molecule has 8 heterocycles. The first kappa shape index (κ1) is 90.2. The van der Waals surface area contributed by atoms with Gasteiger partial charge in [-0.1, -0.05) is 105 Å². The monoisotopic (exact) mass is 1670 g/mol. The van der Waals surface area contributed by atoms with Crippen LogP contribution >= 0.6 is 72.6 Å². The van der Waals surface area contributed by atoms with Crippen LogP contribution in [0.25, 0.3) is 44.5 Å². The molecule has 3 aliphatic heterocycles. The molecule has 3 unspecified atom stereocenters. The van der Waals surface area contributed by atoms with E-state index in [1.54, 1.807) is 89.1 Å². The van der Waals surface area contributed by atoms with Crippen LogP contribution in [0.3, 0.4) is 0 Å². The van der Waals surface area contributed by atoms with Crippen LogP contribution in [-0.4, -0.2) is 129 Å². The Balaban J connectivity index is 0.000000391. The topological polar surface area (TPSA) is 332 Å². The second kappa shape index (κ2) is 48.1. The van der Waals surface area contributed by atoms with E-state index >= 15 is 0 Å². The van der Waals surface area contributed by atoms with Gasteiger partial charge in [-0.2, -0.15) is 44.3 Å². The molecule has 5 aromatic heterocycles. The van der Waals surface area contributed by atoms with E-state index in [4.69, 9.17) is 83.1 Å². The van der Waals surface area contributed by atoms with E-state index in [2.05, 4.69) is 91.2 Å². The van der Waals surface area contributed by atoms with Crippen molar-refractivity contribution in [1.29, 1.82) is 0 Å². The predicted octanol–water partition coefficient (Wildman–Crippen LogP) is 14.8. The molecule has 3 aliphatic rings. The van der Waals surface area contributed by atoms with Crippen molar-refractivity contribution in [2.45, 2.75) is 57.8 Å². The van der Waals surface area contributed by atoms with Gasteiger partial charge in [-0.05, 0) is 129 Å². The van der Waals surface area contributed by atoms with Crippen molar-refractivity contribution < 1.29 is 110 Å². The van der Waals surface area contributed by atoms with Gasteiger partial charge in [-0.25, -0.2) is 0 Å². The van der Waals surface area contributed by atoms with Gasteiger partial charge < -0.3 is 76.3 Å². The number of ether oxygens (including phenoxy) is 5. The van der Waals surface area contributed by atoms with Crippen LogP contribution in [0, 0.1) is 0 Å². The van der Waals surface area contributed by atoms with Crippen LogP contribution in [0.1, 0.15) is 60.6 Å². The number of methoxy groups -OCH3 is 2. The van der Waals surface area contributed by atoms with Crippen LogP contribution in [0.2, 0.25) is 0 Å². The van der Waals surface area contributed by atoms with Crippen molar-refractivity contribution in [3.05, 3.63) is 208 Å². The molecule has 0 amide bonds. The molecule has 13 rings (SSSR count). The van der Waals surface area contributed by atoms with Gasteiger partial charge in [0.25, 0.3) is 11.9 Å². The standard InChI is InChI=1S/2C13H13NOS.C12H11NOS.C10H8OS.C6H7BO3.C4H3BrS.C4H11NO2.2C2H4O2.C2H6.CHF3O3S.Pd/c2*1-14-8-12-13-10(6-7-16-13)9-4-2-3-5-11(9)15-12;13-7-11-12-9(5-6-15-12)8-3-1-2-4-10(8)14-11;11-10-4-2-1-3-9(10)8-5-6-12-7-8;8-6-4-2-1-3-5(6)7(9)10;5-4-1-2-6-3-4;1-6-4(3-5)7-2;2*1-2(3)4;1-2;2-1(3,4)8(5,6)7;/h2*2-7,12,14H,8H2,1H3;1-6,11H,7,13H2;1-7,11H;1-4,8-10H;1-3H;4H,3,5H2,1-2H3;2*1H3,(H,3,4);1-2H3;(H,5,6,7);. The zero-order valence-corrected chi connectivity index (χ0v) is 64.0. The molecule has 0 saturated carbocycles. The van der Waals surface area contributed by atoms with Crippen molar-refractivity contribution in [3.63, 3.8) is 0 Å². The molecule has 5 aromatic carbocycles. The number of aromatic hydroxyl groups is 2. The Morgan fingerprint density at radius 3 is 1.20 bits per heavy atom. The summed E-state index contributed by atoms with van der Waals surface area (Å²) in [4.78, 5) is 21.9. The molecule has 32 heteroatoms. The summed E-state index contributed by atoms with van der Waals surface area (Å²) in [6.07, 6.45) is 0.0831. The number of halogens is 4. The Kier molecular flexibility index (Phi) is 43.0. The number of aliphatic carboxylic acids is 2. The van der Waals surface area contributed by atoms with Gasteiger partial charge in [0.05, 0.1) is 14.6 Å². The van der Waals surface area contributed by atoms with Crippen LogP contribution in [0.4, 0.5) is 13.2 Å². The summed E-state index contributed by atoms with van der Waals surface area (Å²) in [5.41, 5.74) is 15.0. The van der Waals surface area contributed by atoms with E-state index in [9.17, 15) is 18.3 Å². The van der Waals surface area contributed by atoms with Gasteiger partial charge in [-0.15, -0.1) is 34.0 Å². The minimum atomic E-state index is -5.84. The van der Waals surface area contributed by atoms with Crippen LogP contribution in [0.15, 0.2) is 194 Å². The predicted molar refractivity (Wildman–Crippen MR) is 400 cm³/mol. The van der Waals surface area contributed by atoms with Gasteiger partial charge in [-0.3, -0.25) is 14.1 Å². The molecule has 13 N–H and O–H groups in total. The minimum Gasteiger partial charge on any atom is -0.508 e. The number of carboxylic acids is 2. The number of nitrogens with two attached hydrogens (primary N) is 2. The third kappa shape index (κ3) is 30.5. The summed E-state index contributed by atoms with van der Waals surface area (Å²) >= 11 is 11.9. The third-order valence-electron chi connectivity index (χ3n) is 12.7. The molecule has 0 aliphatic carbocycles. The van der Waals surface area contributed by atoms with Crippen LogP contribution < -0.4 is 41.8 Å². The number of likely N-dealkylation sites (N-methyl/N-ethyl adjacent to an activating group) is 2. The maximum atomic E-state index is 10.7. The first-order valence-electron chi connectivity index (χ1n) is 30.1. The van der Waals surface area contributed by atoms with Crippen molar-refractivity contribution >= 4 is 107 Å². The number of rotatable bonds is 10. The number of carbonyl (C=O) groups is 2. The minimum absolute atomic E-state index is 0. The maximum Gasteiger partial charge on any atom is 0.522 e. The maximum absolute atomic E-state index is 10.7. The van der Waals surface area contributed by atoms with Crippen LogP contribution in [0.5, 0.6) is 28.7 Å². The summed E-state index contributed by atoms with van der Waals surface area (Å²) in [7, 11) is -0.412. The molecule has 10 aromatic rings. The van der Waals surface area contributed by atoms with E-state index in [1.807, 2.05) is 122 Å². The number of nitrogens with one attached hydrogen (secondary N) is 2. The van der Waals surface area contributed by atoms with Gasteiger partial charge >= 0.3 is 22.7 Å². The van der Waals surface area contributed by atoms with Gasteiger partial charge in [0, 0.05) is 129 Å². The summed E-state index contributed by atoms with van der Waals surface area (Å²) in [5, 5.41) is 71.3. The average molecular weight is 1670 g/mol. The quantitative estimate of drug-likeness (QED) is 0.0262. The number of phenols is 2. The third-order valence-corrected chi connectivity index (χ3v) is 18.5. The van der Waals surface area contributed by atoms with E-state index in [0.29, 0.717) is 18.8 Å². The van der Waals surface area contributed by atoms with Crippen molar-refractivity contribution in [2.75, 3.05) is 54.5 Å². The molecular weight excluding hydrogens is 1590 g/mol. The Morgan fingerprint density at radius 1 is 0.574 bits per heavy atom. The van der Waals surface area contributed by atoms with Gasteiger partial charge in [0.15, 0.2) is 6.29 Å².